The zero-order chi connectivity index (χ0) is 22.9. The maximum absolute atomic E-state index is 14.7. The van der Waals surface area contributed by atoms with Gasteiger partial charge in [0.2, 0.25) is 0 Å². The Kier molecular flexibility index (Phi) is 5.82. The van der Waals surface area contributed by atoms with Crippen LogP contribution < -0.4 is 16.4 Å². The van der Waals surface area contributed by atoms with E-state index in [4.69, 9.17) is 16.6 Å². The Morgan fingerprint density at radius 1 is 1.26 bits per heavy atom. The normalized spacial score (nSPS) is 10.6. The van der Waals surface area contributed by atoms with Crippen molar-refractivity contribution in [3.63, 3.8) is 0 Å². The van der Waals surface area contributed by atoms with Gasteiger partial charge in [0, 0.05) is 54.7 Å². The number of carbonyl (C=O) groups excluding carboxylic acids is 1. The van der Waals surface area contributed by atoms with Gasteiger partial charge >= 0.3 is 0 Å². The monoisotopic (exact) mass is 425 g/mol. The molecule has 6 N–H and O–H groups in total. The molecule has 0 saturated heterocycles. The number of benzene rings is 2. The molecule has 1 amide bonds. The lowest BCUT2D eigenvalue weighted by Crippen LogP contribution is -2.18. The predicted molar refractivity (Wildman–Crippen MR) is 116 cm³/mol. The Morgan fingerprint density at radius 2 is 1.97 bits per heavy atom. The fourth-order valence-corrected chi connectivity index (χ4v) is 3.22. The summed E-state index contributed by atoms with van der Waals surface area (Å²) in [6.07, 6.45) is 2.38. The summed E-state index contributed by atoms with van der Waals surface area (Å²) in [7, 11) is 3.19. The Bertz CT molecular complexity index is 1220. The first-order valence-corrected chi connectivity index (χ1v) is 9.18. The number of nitrogens with one attached hydrogen (secondary N) is 4. The molecule has 1 aromatic heterocycles. The number of hydrogen-bond donors (Lipinski definition) is 5. The number of halogens is 2. The van der Waals surface area contributed by atoms with Crippen molar-refractivity contribution < 1.29 is 13.6 Å². The van der Waals surface area contributed by atoms with Crippen LogP contribution in [0.5, 0.6) is 0 Å². The summed E-state index contributed by atoms with van der Waals surface area (Å²) >= 11 is 0. The van der Waals surface area contributed by atoms with Crippen molar-refractivity contribution in [2.75, 3.05) is 23.4 Å². The summed E-state index contributed by atoms with van der Waals surface area (Å²) < 4.78 is 30.7. The zero-order valence-corrected chi connectivity index (χ0v) is 17.1. The molecule has 1 heterocycles. The standard InChI is InChI=1S/C21H21F2N7O/c1-10-14(9-30(3)29-10)20(26)12-6-11(4-5-16(12)25)28-21(31)18-15(22)7-17(27-2)13(8-24)19(18)23/h4-9,24,26-27H,25H2,1-3H3,(H,28,31). The minimum Gasteiger partial charge on any atom is -0.398 e. The Balaban J connectivity index is 1.97. The molecular weight excluding hydrogens is 404 g/mol. The first kappa shape index (κ1) is 21.6. The van der Waals surface area contributed by atoms with Gasteiger partial charge in [0.05, 0.1) is 17.0 Å². The molecule has 0 aliphatic rings. The highest BCUT2D eigenvalue weighted by Crippen LogP contribution is 2.26. The molecule has 10 heteroatoms. The first-order chi connectivity index (χ1) is 14.7. The molecule has 0 fully saturated rings. The second-order valence-electron chi connectivity index (χ2n) is 6.84. The molecule has 0 radical (unpaired) electrons. The molecule has 3 rings (SSSR count). The summed E-state index contributed by atoms with van der Waals surface area (Å²) in [4.78, 5) is 12.6. The van der Waals surface area contributed by atoms with Crippen molar-refractivity contribution in [1.82, 2.24) is 9.78 Å². The van der Waals surface area contributed by atoms with Gasteiger partial charge in [0.25, 0.3) is 5.91 Å². The topological polar surface area (TPSA) is 133 Å². The molecule has 0 atom stereocenters. The minimum atomic E-state index is -1.15. The lowest BCUT2D eigenvalue weighted by molar-refractivity contribution is 0.101. The van der Waals surface area contributed by atoms with Gasteiger partial charge in [-0.1, -0.05) is 0 Å². The van der Waals surface area contributed by atoms with Crippen molar-refractivity contribution >= 4 is 34.9 Å². The largest absolute Gasteiger partial charge is 0.398 e. The van der Waals surface area contributed by atoms with Crippen LogP contribution in [0.3, 0.4) is 0 Å². The van der Waals surface area contributed by atoms with E-state index in [2.05, 4.69) is 15.7 Å². The molecule has 31 heavy (non-hydrogen) atoms. The fraction of sp³-hybridized carbons (Fsp3) is 0.143. The summed E-state index contributed by atoms with van der Waals surface area (Å²) in [5, 5.41) is 25.1. The van der Waals surface area contributed by atoms with Gasteiger partial charge < -0.3 is 21.8 Å². The van der Waals surface area contributed by atoms with E-state index in [1.807, 2.05) is 0 Å². The number of aromatic nitrogens is 2. The van der Waals surface area contributed by atoms with Crippen molar-refractivity contribution in [3.8, 4) is 0 Å². The van der Waals surface area contributed by atoms with Crippen LogP contribution in [0, 0.1) is 29.4 Å². The SMILES string of the molecule is CNc1cc(F)c(C(=O)Nc2ccc(N)c(C(=N)c3cn(C)nc3C)c2)c(F)c1C=N. The molecule has 160 valence electrons. The summed E-state index contributed by atoms with van der Waals surface area (Å²) in [5.74, 6) is -3.24. The van der Waals surface area contributed by atoms with Crippen LogP contribution in [-0.4, -0.2) is 34.7 Å². The van der Waals surface area contributed by atoms with Crippen LogP contribution in [0.4, 0.5) is 25.8 Å². The van der Waals surface area contributed by atoms with Gasteiger partial charge in [-0.25, -0.2) is 8.78 Å². The van der Waals surface area contributed by atoms with Gasteiger partial charge in [0.1, 0.15) is 17.2 Å². The minimum absolute atomic E-state index is 0.0524. The van der Waals surface area contributed by atoms with Crippen LogP contribution in [-0.2, 0) is 7.05 Å². The zero-order valence-electron chi connectivity index (χ0n) is 17.1. The lowest BCUT2D eigenvalue weighted by atomic mass is 10.0. The third-order valence-corrected chi connectivity index (χ3v) is 4.76. The number of amides is 1. The van der Waals surface area contributed by atoms with Crippen LogP contribution in [0.1, 0.15) is 32.7 Å². The highest BCUT2D eigenvalue weighted by Gasteiger charge is 2.23. The molecule has 3 aromatic rings. The van der Waals surface area contributed by atoms with E-state index < -0.39 is 23.1 Å². The third-order valence-electron chi connectivity index (χ3n) is 4.76. The van der Waals surface area contributed by atoms with Crippen molar-refractivity contribution in [1.29, 1.82) is 10.8 Å². The molecule has 0 bridgehead atoms. The summed E-state index contributed by atoms with van der Waals surface area (Å²) in [6, 6.07) is 5.37. The predicted octanol–water partition coefficient (Wildman–Crippen LogP) is 3.30. The number of rotatable bonds is 6. The molecule has 8 nitrogen and oxygen atoms in total. The van der Waals surface area contributed by atoms with Gasteiger partial charge in [0.15, 0.2) is 0 Å². The van der Waals surface area contributed by atoms with Gasteiger partial charge in [-0.05, 0) is 31.2 Å². The van der Waals surface area contributed by atoms with Crippen LogP contribution in [0.25, 0.3) is 0 Å². The smallest absolute Gasteiger partial charge is 0.261 e. The highest BCUT2D eigenvalue weighted by atomic mass is 19.1. The average molecular weight is 425 g/mol. The molecule has 0 aliphatic heterocycles. The number of anilines is 3. The third kappa shape index (κ3) is 4.00. The van der Waals surface area contributed by atoms with Gasteiger partial charge in [-0.3, -0.25) is 14.9 Å². The number of nitrogens with zero attached hydrogens (tertiary/aromatic N) is 2. The van der Waals surface area contributed by atoms with E-state index in [0.29, 0.717) is 28.7 Å². The molecule has 0 saturated carbocycles. The number of carbonyl (C=O) groups is 1. The Morgan fingerprint density at radius 3 is 2.55 bits per heavy atom. The quantitative estimate of drug-likeness (QED) is 0.306. The Hall–Kier alpha value is -4.08. The summed E-state index contributed by atoms with van der Waals surface area (Å²) in [6.45, 7) is 1.76. The number of hydrogen-bond acceptors (Lipinski definition) is 6. The highest BCUT2D eigenvalue weighted by molar-refractivity contribution is 6.15. The molecular formula is C21H21F2N7O. The van der Waals surface area contributed by atoms with E-state index in [1.54, 1.807) is 24.9 Å². The Labute approximate surface area is 177 Å². The molecule has 0 unspecified atom stereocenters. The molecule has 0 spiro atoms. The molecule has 2 aromatic carbocycles. The maximum Gasteiger partial charge on any atom is 0.261 e. The van der Waals surface area contributed by atoms with Crippen molar-refractivity contribution in [2.24, 2.45) is 7.05 Å². The van der Waals surface area contributed by atoms with E-state index in [9.17, 15) is 13.6 Å². The number of nitrogens with two attached hydrogens (primary N) is 1. The van der Waals surface area contributed by atoms with E-state index in [0.717, 1.165) is 6.07 Å². The van der Waals surface area contributed by atoms with E-state index >= 15 is 0 Å². The second-order valence-corrected chi connectivity index (χ2v) is 6.84. The first-order valence-electron chi connectivity index (χ1n) is 9.18. The van der Waals surface area contributed by atoms with Crippen LogP contribution in [0.15, 0.2) is 30.5 Å². The molecule has 0 aliphatic carbocycles. The van der Waals surface area contributed by atoms with Crippen LogP contribution >= 0.6 is 0 Å². The second kappa shape index (κ2) is 8.34. The van der Waals surface area contributed by atoms with E-state index in [1.165, 1.54) is 25.2 Å². The number of aryl methyl sites for hydroxylation is 2. The van der Waals surface area contributed by atoms with Crippen LogP contribution in [0.2, 0.25) is 0 Å². The van der Waals surface area contributed by atoms with Gasteiger partial charge in [-0.2, -0.15) is 5.10 Å². The average Bonchev–Trinajstić information content (AvgIpc) is 3.06. The fourth-order valence-electron chi connectivity index (χ4n) is 3.22. The van der Waals surface area contributed by atoms with E-state index in [-0.39, 0.29) is 22.6 Å². The number of nitrogen functional groups attached to an aromatic ring is 1. The van der Waals surface area contributed by atoms with Crippen molar-refractivity contribution in [3.05, 3.63) is 70.0 Å². The lowest BCUT2D eigenvalue weighted by Gasteiger charge is -2.14. The maximum atomic E-state index is 14.7. The summed E-state index contributed by atoms with van der Waals surface area (Å²) in [5.41, 5.74) is 7.15. The van der Waals surface area contributed by atoms with Gasteiger partial charge in [-0.15, -0.1) is 0 Å². The van der Waals surface area contributed by atoms with Crippen molar-refractivity contribution in [2.45, 2.75) is 6.92 Å².